The normalized spacial score (nSPS) is 15.4. The van der Waals surface area contributed by atoms with Gasteiger partial charge in [0.05, 0.1) is 6.26 Å². The van der Waals surface area contributed by atoms with Crippen LogP contribution in [0.5, 0.6) is 0 Å². The Hall–Kier alpha value is -2.65. The van der Waals surface area contributed by atoms with E-state index in [0.717, 1.165) is 35.2 Å². The Morgan fingerprint density at radius 2 is 2.00 bits per heavy atom. The van der Waals surface area contributed by atoms with Gasteiger partial charge in [0.2, 0.25) is 15.9 Å². The van der Waals surface area contributed by atoms with Gasteiger partial charge in [-0.2, -0.15) is 0 Å². The summed E-state index contributed by atoms with van der Waals surface area (Å²) in [6, 6.07) is 9.08. The SMILES string of the molecule is CS(=O)(=O)Nc1ccc(-c2ccnc3c2CC(CC(=O)NCCCCO)N3)cc1. The van der Waals surface area contributed by atoms with E-state index in [-0.39, 0.29) is 18.6 Å². The number of aliphatic hydroxyl groups is 1. The molecule has 29 heavy (non-hydrogen) atoms. The smallest absolute Gasteiger partial charge is 0.229 e. The van der Waals surface area contributed by atoms with Gasteiger partial charge in [-0.25, -0.2) is 13.4 Å². The predicted molar refractivity (Wildman–Crippen MR) is 113 cm³/mol. The summed E-state index contributed by atoms with van der Waals surface area (Å²) in [5.74, 6) is 0.755. The van der Waals surface area contributed by atoms with Crippen molar-refractivity contribution in [3.63, 3.8) is 0 Å². The van der Waals surface area contributed by atoms with Crippen LogP contribution in [0.2, 0.25) is 0 Å². The molecule has 0 fully saturated rings. The van der Waals surface area contributed by atoms with Crippen LogP contribution >= 0.6 is 0 Å². The van der Waals surface area contributed by atoms with Gasteiger partial charge >= 0.3 is 0 Å². The van der Waals surface area contributed by atoms with Crippen LogP contribution in [0.25, 0.3) is 11.1 Å². The Bertz CT molecular complexity index is 961. The quantitative estimate of drug-likeness (QED) is 0.461. The number of rotatable bonds is 9. The fourth-order valence-electron chi connectivity index (χ4n) is 3.40. The number of anilines is 2. The molecule has 0 saturated heterocycles. The van der Waals surface area contributed by atoms with Gasteiger partial charge in [-0.1, -0.05) is 12.1 Å². The van der Waals surface area contributed by atoms with Crippen LogP contribution in [0.3, 0.4) is 0 Å². The van der Waals surface area contributed by atoms with E-state index in [0.29, 0.717) is 31.5 Å². The lowest BCUT2D eigenvalue weighted by atomic mass is 9.98. The number of pyridine rings is 1. The molecule has 0 saturated carbocycles. The molecule has 156 valence electrons. The first-order chi connectivity index (χ1) is 13.9. The third-order valence-electron chi connectivity index (χ3n) is 4.69. The summed E-state index contributed by atoms with van der Waals surface area (Å²) >= 11 is 0. The Kier molecular flexibility index (Phi) is 6.71. The molecule has 8 nitrogen and oxygen atoms in total. The van der Waals surface area contributed by atoms with Gasteiger partial charge < -0.3 is 15.7 Å². The number of unbranched alkanes of at least 4 members (excludes halogenated alkanes) is 1. The highest BCUT2D eigenvalue weighted by Gasteiger charge is 2.26. The summed E-state index contributed by atoms with van der Waals surface area (Å²) < 4.78 is 25.2. The Morgan fingerprint density at radius 1 is 1.24 bits per heavy atom. The Balaban J connectivity index is 1.66. The molecule has 1 atom stereocenters. The van der Waals surface area contributed by atoms with Gasteiger partial charge in [0.15, 0.2) is 0 Å². The van der Waals surface area contributed by atoms with Crippen molar-refractivity contribution >= 4 is 27.4 Å². The molecule has 1 aliphatic rings. The van der Waals surface area contributed by atoms with Gasteiger partial charge in [0.25, 0.3) is 0 Å². The highest BCUT2D eigenvalue weighted by molar-refractivity contribution is 7.92. The zero-order valence-electron chi connectivity index (χ0n) is 16.3. The number of nitrogens with one attached hydrogen (secondary N) is 3. The van der Waals surface area contributed by atoms with E-state index in [9.17, 15) is 13.2 Å². The van der Waals surface area contributed by atoms with Crippen LogP contribution in [-0.2, 0) is 21.2 Å². The molecule has 9 heteroatoms. The monoisotopic (exact) mass is 418 g/mol. The first kappa shape index (κ1) is 21.1. The molecular formula is C20H26N4O4S. The van der Waals surface area contributed by atoms with Crippen molar-refractivity contribution in [2.75, 3.05) is 29.4 Å². The molecule has 1 unspecified atom stereocenters. The van der Waals surface area contributed by atoms with E-state index in [2.05, 4.69) is 20.3 Å². The number of amides is 1. The molecule has 1 aliphatic heterocycles. The zero-order chi connectivity index (χ0) is 20.9. The maximum atomic E-state index is 12.1. The number of hydrogen-bond acceptors (Lipinski definition) is 6. The van der Waals surface area contributed by atoms with Crippen LogP contribution < -0.4 is 15.4 Å². The zero-order valence-corrected chi connectivity index (χ0v) is 17.1. The van der Waals surface area contributed by atoms with Crippen molar-refractivity contribution in [2.24, 2.45) is 0 Å². The summed E-state index contributed by atoms with van der Waals surface area (Å²) in [6.07, 6.45) is 5.32. The van der Waals surface area contributed by atoms with E-state index in [1.54, 1.807) is 18.3 Å². The summed E-state index contributed by atoms with van der Waals surface area (Å²) in [7, 11) is -3.31. The number of hydrogen-bond donors (Lipinski definition) is 4. The predicted octanol–water partition coefficient (Wildman–Crippen LogP) is 1.74. The maximum Gasteiger partial charge on any atom is 0.229 e. The van der Waals surface area contributed by atoms with Crippen LogP contribution in [-0.4, -0.2) is 49.9 Å². The summed E-state index contributed by atoms with van der Waals surface area (Å²) in [5.41, 5.74) is 3.53. The van der Waals surface area contributed by atoms with E-state index in [1.807, 2.05) is 18.2 Å². The number of aliphatic hydroxyl groups excluding tert-OH is 1. The first-order valence-electron chi connectivity index (χ1n) is 9.56. The van der Waals surface area contributed by atoms with Gasteiger partial charge in [0.1, 0.15) is 5.82 Å². The molecule has 3 rings (SSSR count). The van der Waals surface area contributed by atoms with E-state index < -0.39 is 10.0 Å². The Labute approximate surface area is 170 Å². The first-order valence-corrected chi connectivity index (χ1v) is 11.4. The fraction of sp³-hybridized carbons (Fsp3) is 0.400. The van der Waals surface area contributed by atoms with Crippen LogP contribution in [0.1, 0.15) is 24.8 Å². The fourth-order valence-corrected chi connectivity index (χ4v) is 3.96. The number of benzene rings is 1. The second-order valence-electron chi connectivity index (χ2n) is 7.17. The number of sulfonamides is 1. The highest BCUT2D eigenvalue weighted by atomic mass is 32.2. The molecule has 0 bridgehead atoms. The second kappa shape index (κ2) is 9.23. The average Bonchev–Trinajstić information content (AvgIpc) is 3.07. The molecular weight excluding hydrogens is 392 g/mol. The number of carbonyl (C=O) groups excluding carboxylic acids is 1. The number of carbonyl (C=O) groups is 1. The standard InChI is InChI=1S/C20H26N4O4S/c1-29(27,28)24-15-6-4-14(5-7-15)17-8-10-22-20-18(17)12-16(23-20)13-19(26)21-9-2-3-11-25/h4-8,10,16,24-25H,2-3,9,11-13H2,1H3,(H,21,26)(H,22,23). The van der Waals surface area contributed by atoms with Crippen molar-refractivity contribution in [3.8, 4) is 11.1 Å². The van der Waals surface area contributed by atoms with Crippen LogP contribution in [0.4, 0.5) is 11.5 Å². The number of aromatic nitrogens is 1. The summed E-state index contributed by atoms with van der Waals surface area (Å²) in [4.78, 5) is 16.5. The third kappa shape index (κ3) is 5.91. The lowest BCUT2D eigenvalue weighted by Crippen LogP contribution is -2.30. The van der Waals surface area contributed by atoms with Gasteiger partial charge in [-0.15, -0.1) is 0 Å². The van der Waals surface area contributed by atoms with Gasteiger partial charge in [-0.3, -0.25) is 9.52 Å². The van der Waals surface area contributed by atoms with Crippen molar-refractivity contribution in [3.05, 3.63) is 42.1 Å². The molecule has 0 aliphatic carbocycles. The summed E-state index contributed by atoms with van der Waals surface area (Å²) in [5, 5.41) is 15.0. The molecule has 2 aromatic rings. The molecule has 1 aromatic heterocycles. The third-order valence-corrected chi connectivity index (χ3v) is 5.29. The Morgan fingerprint density at radius 3 is 2.69 bits per heavy atom. The lowest BCUT2D eigenvalue weighted by Gasteiger charge is -2.11. The van der Waals surface area contributed by atoms with Crippen LogP contribution in [0, 0.1) is 0 Å². The average molecular weight is 419 g/mol. The van der Waals surface area contributed by atoms with E-state index >= 15 is 0 Å². The van der Waals surface area contributed by atoms with E-state index in [4.69, 9.17) is 5.11 Å². The van der Waals surface area contributed by atoms with Crippen molar-refractivity contribution in [1.82, 2.24) is 10.3 Å². The second-order valence-corrected chi connectivity index (χ2v) is 8.92. The molecule has 2 heterocycles. The molecule has 4 N–H and O–H groups in total. The minimum absolute atomic E-state index is 0.0222. The minimum Gasteiger partial charge on any atom is -0.396 e. The summed E-state index contributed by atoms with van der Waals surface area (Å²) in [6.45, 7) is 0.700. The number of fused-ring (bicyclic) bond motifs is 1. The van der Waals surface area contributed by atoms with Gasteiger partial charge in [0, 0.05) is 43.1 Å². The topological polar surface area (TPSA) is 120 Å². The van der Waals surface area contributed by atoms with Crippen LogP contribution in [0.15, 0.2) is 36.5 Å². The molecule has 0 radical (unpaired) electrons. The van der Waals surface area contributed by atoms with Crippen molar-refractivity contribution in [2.45, 2.75) is 31.7 Å². The minimum atomic E-state index is -3.31. The molecule has 0 spiro atoms. The molecule has 1 amide bonds. The highest BCUT2D eigenvalue weighted by Crippen LogP contribution is 2.34. The van der Waals surface area contributed by atoms with Gasteiger partial charge in [-0.05, 0) is 48.6 Å². The lowest BCUT2D eigenvalue weighted by molar-refractivity contribution is -0.121. The maximum absolute atomic E-state index is 12.1. The van der Waals surface area contributed by atoms with E-state index in [1.165, 1.54) is 0 Å². The number of nitrogens with zero attached hydrogens (tertiary/aromatic N) is 1. The van der Waals surface area contributed by atoms with Crippen molar-refractivity contribution in [1.29, 1.82) is 0 Å². The largest absolute Gasteiger partial charge is 0.396 e. The van der Waals surface area contributed by atoms with Crippen molar-refractivity contribution < 1.29 is 18.3 Å². The molecule has 1 aromatic carbocycles.